The molecule has 0 saturated heterocycles. The van der Waals surface area contributed by atoms with Crippen molar-refractivity contribution in [2.75, 3.05) is 7.05 Å². The highest BCUT2D eigenvalue weighted by molar-refractivity contribution is 5.03. The molecule has 0 amide bonds. The smallest absolute Gasteiger partial charge is 0.0154 e. The first-order valence-corrected chi connectivity index (χ1v) is 7.18. The maximum Gasteiger partial charge on any atom is 0.0154 e. The SMILES string of the molecule is CN(C1C2CC3CC(C2)CC1C3)C(C)(C)C. The molecule has 0 aromatic heterocycles. The molecular weight excluding hydrogens is 194 g/mol. The second-order valence-electron chi connectivity index (χ2n) is 7.70. The van der Waals surface area contributed by atoms with Crippen LogP contribution in [0.1, 0.15) is 52.9 Å². The summed E-state index contributed by atoms with van der Waals surface area (Å²) in [6, 6.07) is 0.896. The Kier molecular flexibility index (Phi) is 2.41. The van der Waals surface area contributed by atoms with Crippen LogP contribution < -0.4 is 0 Å². The normalized spacial score (nSPS) is 46.7. The third-order valence-electron chi connectivity index (χ3n) is 5.68. The van der Waals surface area contributed by atoms with Crippen LogP contribution in [-0.4, -0.2) is 23.5 Å². The summed E-state index contributed by atoms with van der Waals surface area (Å²) in [7, 11) is 2.37. The summed E-state index contributed by atoms with van der Waals surface area (Å²) in [6.45, 7) is 7.12. The predicted octanol–water partition coefficient (Wildman–Crippen LogP) is 3.54. The predicted molar refractivity (Wildman–Crippen MR) is 68.3 cm³/mol. The maximum absolute atomic E-state index is 2.69. The van der Waals surface area contributed by atoms with E-state index in [1.807, 2.05) is 0 Å². The minimum Gasteiger partial charge on any atom is -0.298 e. The summed E-state index contributed by atoms with van der Waals surface area (Å²) in [5.41, 5.74) is 0.347. The van der Waals surface area contributed by atoms with Gasteiger partial charge in [-0.3, -0.25) is 4.90 Å². The number of hydrogen-bond donors (Lipinski definition) is 0. The van der Waals surface area contributed by atoms with Crippen LogP contribution in [0.5, 0.6) is 0 Å². The molecule has 0 unspecified atom stereocenters. The standard InChI is InChI=1S/C15H27N/c1-15(2,3)16(4)14-12-6-10-5-11(8-12)9-13(14)7-10/h10-14H,5-9H2,1-4H3. The molecule has 0 aromatic rings. The molecule has 4 aliphatic carbocycles. The Bertz CT molecular complexity index is 248. The highest BCUT2D eigenvalue weighted by Gasteiger charge is 2.50. The molecule has 4 rings (SSSR count). The van der Waals surface area contributed by atoms with Gasteiger partial charge in [-0.2, -0.15) is 0 Å². The van der Waals surface area contributed by atoms with Crippen LogP contribution in [0.3, 0.4) is 0 Å². The molecule has 0 radical (unpaired) electrons. The van der Waals surface area contributed by atoms with Gasteiger partial charge in [0.2, 0.25) is 0 Å². The van der Waals surface area contributed by atoms with Gasteiger partial charge in [0.1, 0.15) is 0 Å². The van der Waals surface area contributed by atoms with Gasteiger partial charge >= 0.3 is 0 Å². The average molecular weight is 221 g/mol. The van der Waals surface area contributed by atoms with Gasteiger partial charge in [-0.05, 0) is 83.6 Å². The number of nitrogens with zero attached hydrogens (tertiary/aromatic N) is 1. The van der Waals surface area contributed by atoms with Crippen molar-refractivity contribution < 1.29 is 0 Å². The van der Waals surface area contributed by atoms with Crippen molar-refractivity contribution in [1.29, 1.82) is 0 Å². The topological polar surface area (TPSA) is 3.24 Å². The minimum atomic E-state index is 0.347. The molecule has 0 aromatic carbocycles. The number of rotatable bonds is 1. The second-order valence-corrected chi connectivity index (χ2v) is 7.70. The van der Waals surface area contributed by atoms with E-state index in [0.29, 0.717) is 5.54 Å². The fourth-order valence-corrected chi connectivity index (χ4v) is 4.98. The molecule has 92 valence electrons. The summed E-state index contributed by atoms with van der Waals surface area (Å²) in [5, 5.41) is 0. The Morgan fingerprint density at radius 1 is 0.812 bits per heavy atom. The lowest BCUT2D eigenvalue weighted by Crippen LogP contribution is -2.59. The Morgan fingerprint density at radius 2 is 1.25 bits per heavy atom. The Hall–Kier alpha value is -0.0400. The fourth-order valence-electron chi connectivity index (χ4n) is 4.98. The third kappa shape index (κ3) is 1.63. The van der Waals surface area contributed by atoms with Crippen molar-refractivity contribution >= 4 is 0 Å². The molecule has 4 saturated carbocycles. The number of hydrogen-bond acceptors (Lipinski definition) is 1. The van der Waals surface area contributed by atoms with Crippen molar-refractivity contribution in [3.8, 4) is 0 Å². The van der Waals surface area contributed by atoms with E-state index in [0.717, 1.165) is 29.7 Å². The van der Waals surface area contributed by atoms with E-state index in [1.165, 1.54) is 25.7 Å². The molecule has 0 aliphatic heterocycles. The molecule has 4 fully saturated rings. The average Bonchev–Trinajstić information content (AvgIpc) is 2.13. The van der Waals surface area contributed by atoms with Gasteiger partial charge in [-0.15, -0.1) is 0 Å². The largest absolute Gasteiger partial charge is 0.298 e. The highest BCUT2D eigenvalue weighted by Crippen LogP contribution is 2.55. The van der Waals surface area contributed by atoms with Gasteiger partial charge in [0.05, 0.1) is 0 Å². The molecule has 16 heavy (non-hydrogen) atoms. The van der Waals surface area contributed by atoms with Crippen molar-refractivity contribution in [1.82, 2.24) is 4.90 Å². The molecule has 1 heteroatoms. The Balaban J connectivity index is 1.81. The van der Waals surface area contributed by atoms with E-state index >= 15 is 0 Å². The van der Waals surface area contributed by atoms with Crippen LogP contribution in [-0.2, 0) is 0 Å². The van der Waals surface area contributed by atoms with Gasteiger partial charge in [0.15, 0.2) is 0 Å². The lowest BCUT2D eigenvalue weighted by Gasteiger charge is -2.58. The van der Waals surface area contributed by atoms with Gasteiger partial charge in [0.25, 0.3) is 0 Å². The van der Waals surface area contributed by atoms with Gasteiger partial charge < -0.3 is 0 Å². The van der Waals surface area contributed by atoms with Crippen LogP contribution in [0.2, 0.25) is 0 Å². The van der Waals surface area contributed by atoms with Gasteiger partial charge in [-0.25, -0.2) is 0 Å². The van der Waals surface area contributed by atoms with E-state index in [9.17, 15) is 0 Å². The maximum atomic E-state index is 2.69. The molecule has 0 heterocycles. The highest BCUT2D eigenvalue weighted by atomic mass is 15.2. The first-order valence-electron chi connectivity index (χ1n) is 7.18. The molecule has 4 bridgehead atoms. The minimum absolute atomic E-state index is 0.347. The fraction of sp³-hybridized carbons (Fsp3) is 1.00. The summed E-state index contributed by atoms with van der Waals surface area (Å²) in [5.74, 6) is 4.26. The summed E-state index contributed by atoms with van der Waals surface area (Å²) < 4.78 is 0. The molecule has 0 N–H and O–H groups in total. The van der Waals surface area contributed by atoms with Crippen LogP contribution in [0.4, 0.5) is 0 Å². The van der Waals surface area contributed by atoms with Gasteiger partial charge in [0, 0.05) is 11.6 Å². The van der Waals surface area contributed by atoms with Crippen molar-refractivity contribution in [3.05, 3.63) is 0 Å². The lowest BCUT2D eigenvalue weighted by atomic mass is 9.53. The molecule has 0 spiro atoms. The van der Waals surface area contributed by atoms with Crippen LogP contribution in [0, 0.1) is 23.7 Å². The van der Waals surface area contributed by atoms with Crippen LogP contribution >= 0.6 is 0 Å². The van der Waals surface area contributed by atoms with Gasteiger partial charge in [-0.1, -0.05) is 0 Å². The van der Waals surface area contributed by atoms with E-state index in [-0.39, 0.29) is 0 Å². The lowest BCUT2D eigenvalue weighted by molar-refractivity contribution is -0.0814. The second kappa shape index (κ2) is 3.48. The Labute approximate surface area is 101 Å². The van der Waals surface area contributed by atoms with E-state index < -0.39 is 0 Å². The molecule has 1 nitrogen and oxygen atoms in total. The zero-order valence-electron chi connectivity index (χ0n) is 11.4. The first kappa shape index (κ1) is 11.1. The quantitative estimate of drug-likeness (QED) is 0.654. The Morgan fingerprint density at radius 3 is 1.62 bits per heavy atom. The summed E-state index contributed by atoms with van der Waals surface area (Å²) >= 11 is 0. The summed E-state index contributed by atoms with van der Waals surface area (Å²) in [6.07, 6.45) is 7.73. The summed E-state index contributed by atoms with van der Waals surface area (Å²) in [4.78, 5) is 2.69. The molecular formula is C15H27N. The van der Waals surface area contributed by atoms with E-state index in [2.05, 4.69) is 32.7 Å². The monoisotopic (exact) mass is 221 g/mol. The van der Waals surface area contributed by atoms with Crippen molar-refractivity contribution in [2.45, 2.75) is 64.5 Å². The van der Waals surface area contributed by atoms with Crippen molar-refractivity contribution in [2.24, 2.45) is 23.7 Å². The third-order valence-corrected chi connectivity index (χ3v) is 5.68. The van der Waals surface area contributed by atoms with E-state index in [4.69, 9.17) is 0 Å². The van der Waals surface area contributed by atoms with E-state index in [1.54, 1.807) is 6.42 Å². The molecule has 0 atom stereocenters. The van der Waals surface area contributed by atoms with Crippen molar-refractivity contribution in [3.63, 3.8) is 0 Å². The van der Waals surface area contributed by atoms with Crippen LogP contribution in [0.15, 0.2) is 0 Å². The first-order chi connectivity index (χ1) is 7.45. The zero-order valence-corrected chi connectivity index (χ0v) is 11.4. The van der Waals surface area contributed by atoms with Crippen LogP contribution in [0.25, 0.3) is 0 Å². The molecule has 4 aliphatic rings. The zero-order chi connectivity index (χ0) is 11.5.